The number of nitrogens with two attached hydrogens (primary N) is 1. The van der Waals surface area contributed by atoms with E-state index in [9.17, 15) is 27.7 Å². The largest absolute Gasteiger partial charge is 0.389 e. The average molecular weight is 839 g/mol. The summed E-state index contributed by atoms with van der Waals surface area (Å²) in [5.74, 6) is -0.0891. The van der Waals surface area contributed by atoms with Crippen molar-refractivity contribution in [3.63, 3.8) is 0 Å². The van der Waals surface area contributed by atoms with Gasteiger partial charge >= 0.3 is 14.8 Å². The van der Waals surface area contributed by atoms with Crippen LogP contribution in [0.5, 0.6) is 0 Å². The van der Waals surface area contributed by atoms with Gasteiger partial charge in [-0.3, -0.25) is 0 Å². The number of hydrogen-bond donors (Lipinski definition) is 2. The van der Waals surface area contributed by atoms with E-state index in [2.05, 4.69) is 16.7 Å². The van der Waals surface area contributed by atoms with E-state index < -0.39 is 27.0 Å². The first kappa shape index (κ1) is 50.7. The van der Waals surface area contributed by atoms with Gasteiger partial charge in [-0.1, -0.05) is 103 Å². The lowest BCUT2D eigenvalue weighted by Gasteiger charge is -2.21. The third-order valence-electron chi connectivity index (χ3n) is 9.92. The van der Waals surface area contributed by atoms with E-state index in [1.165, 1.54) is 76.2 Å². The monoisotopic (exact) mass is 838 g/mol. The van der Waals surface area contributed by atoms with Crippen LogP contribution in [0.2, 0.25) is 0 Å². The molecule has 0 aliphatic carbocycles. The molecule has 3 rings (SSSR count). The summed E-state index contributed by atoms with van der Waals surface area (Å²) >= 11 is 0. The van der Waals surface area contributed by atoms with Crippen LogP contribution in [0, 0.1) is 29.0 Å². The zero-order valence-electron chi connectivity index (χ0n) is 34.0. The fourth-order valence-corrected chi connectivity index (χ4v) is 7.34. The number of nitrogen functional groups attached to an aromatic ring is 1. The highest BCUT2D eigenvalue weighted by Gasteiger charge is 2.25. The van der Waals surface area contributed by atoms with Crippen LogP contribution < -0.4 is 5.73 Å². The topological polar surface area (TPSA) is 161 Å². The third kappa shape index (κ3) is 22.6. The number of aromatic nitrogens is 3. The van der Waals surface area contributed by atoms with Gasteiger partial charge in [-0.05, 0) is 61.6 Å². The zero-order chi connectivity index (χ0) is 42.4. The van der Waals surface area contributed by atoms with Gasteiger partial charge in [0.2, 0.25) is 0 Å². The Kier molecular flexibility index (Phi) is 26.7. The molecule has 324 valence electrons. The van der Waals surface area contributed by atoms with E-state index >= 15 is 0 Å². The molecule has 2 aromatic heterocycles. The number of fused-ring (bicyclic) bond motifs is 1. The maximum atomic E-state index is 14.0. The first-order valence-electron chi connectivity index (χ1n) is 20.6. The van der Waals surface area contributed by atoms with Crippen LogP contribution in [0.15, 0.2) is 36.7 Å². The lowest BCUT2D eigenvalue weighted by atomic mass is 10.0. The molecule has 1 aromatic carbocycles. The molecule has 3 aromatic rings. The van der Waals surface area contributed by atoms with Crippen LogP contribution in [-0.4, -0.2) is 58.2 Å². The number of rotatable bonds is 32. The van der Waals surface area contributed by atoms with Gasteiger partial charge < -0.3 is 29.1 Å². The molecule has 3 unspecified atom stereocenters. The van der Waals surface area contributed by atoms with Crippen LogP contribution in [0.1, 0.15) is 145 Å². The maximum Gasteiger partial charge on any atom is 0.389 e. The summed E-state index contributed by atoms with van der Waals surface area (Å²) in [5.41, 5.74) is 8.41. The Morgan fingerprint density at radius 3 is 1.93 bits per heavy atom. The zero-order valence-corrected chi connectivity index (χ0v) is 34.9. The minimum Gasteiger partial charge on any atom is -0.382 e. The summed E-state index contributed by atoms with van der Waals surface area (Å²) in [6, 6.07) is 9.92. The second-order valence-corrected chi connectivity index (χ2v) is 15.5. The summed E-state index contributed by atoms with van der Waals surface area (Å²) in [5, 5.41) is 20.0. The van der Waals surface area contributed by atoms with Crippen molar-refractivity contribution >= 4 is 19.9 Å². The lowest BCUT2D eigenvalue weighted by molar-refractivity contribution is -0.135. The van der Waals surface area contributed by atoms with Crippen molar-refractivity contribution in [1.82, 2.24) is 14.6 Å². The summed E-state index contributed by atoms with van der Waals surface area (Å²) in [7, 11) is -0.605. The van der Waals surface area contributed by atoms with Gasteiger partial charge in [0, 0.05) is 25.8 Å². The maximum absolute atomic E-state index is 14.0. The molecular weight excluding hydrogens is 775 g/mol. The predicted molar refractivity (Wildman–Crippen MR) is 218 cm³/mol. The molecule has 0 fully saturated rings. The normalized spacial score (nSPS) is 13.2. The number of nitriles is 2. The second kappa shape index (κ2) is 30.6. The van der Waals surface area contributed by atoms with Gasteiger partial charge in [-0.25, -0.2) is 19.2 Å². The molecule has 3 atom stereocenters. The number of benzene rings is 1. The fraction of sp³-hybridized carbons (Fsp3) is 0.667. The van der Waals surface area contributed by atoms with Crippen molar-refractivity contribution in [2.24, 2.45) is 0 Å². The Labute approximate surface area is 343 Å². The van der Waals surface area contributed by atoms with Crippen molar-refractivity contribution in [3.8, 4) is 12.6 Å². The molecule has 2 heterocycles. The minimum atomic E-state index is -4.02. The Hall–Kier alpha value is -3.43. The SMILES string of the molecule is C#N.COC(CCc1ccc2c(N)ncnn12)COP(O)OCC(CCCCCCCCCCCCCCCCCCCC(F)(F)F)OCc1cc(F)cc(C#N)c1. The minimum absolute atomic E-state index is 0.100. The van der Waals surface area contributed by atoms with Crippen molar-refractivity contribution in [3.05, 3.63) is 59.3 Å². The fourth-order valence-electron chi connectivity index (χ4n) is 6.68. The summed E-state index contributed by atoms with van der Waals surface area (Å²) in [6.45, 7) is 3.84. The smallest absolute Gasteiger partial charge is 0.382 e. The molecule has 0 spiro atoms. The summed E-state index contributed by atoms with van der Waals surface area (Å²) < 4.78 is 75.4. The van der Waals surface area contributed by atoms with Crippen LogP contribution >= 0.6 is 8.60 Å². The number of halogens is 4. The number of nitrogens with zero attached hydrogens (tertiary/aromatic N) is 5. The highest BCUT2D eigenvalue weighted by molar-refractivity contribution is 7.40. The van der Waals surface area contributed by atoms with Crippen LogP contribution in [0.4, 0.5) is 23.4 Å². The van der Waals surface area contributed by atoms with E-state index in [-0.39, 0.29) is 44.0 Å². The molecule has 16 heteroatoms. The first-order chi connectivity index (χ1) is 28.1. The number of ether oxygens (including phenoxy) is 2. The molecule has 0 amide bonds. The van der Waals surface area contributed by atoms with Crippen LogP contribution in [-0.2, 0) is 31.5 Å². The van der Waals surface area contributed by atoms with Gasteiger partial charge in [0.1, 0.15) is 17.7 Å². The summed E-state index contributed by atoms with van der Waals surface area (Å²) in [6.07, 6.45) is 16.1. The summed E-state index contributed by atoms with van der Waals surface area (Å²) in [4.78, 5) is 14.6. The number of hydrogen-bond acceptors (Lipinski definition) is 10. The molecule has 3 N–H and O–H groups in total. The van der Waals surface area contributed by atoms with Gasteiger partial charge in [0.05, 0.1) is 43.7 Å². The van der Waals surface area contributed by atoms with E-state index in [0.29, 0.717) is 37.1 Å². The first-order valence-corrected chi connectivity index (χ1v) is 21.7. The molecule has 0 saturated carbocycles. The third-order valence-corrected chi connectivity index (χ3v) is 10.7. The standard InChI is InChI=1S/C41H62F4N5O5P.CHN/c1-52-37(22-20-36-21-23-39-40(47)48-32-49-50(36)39)30-54-56(51)55-31-38(53-29-34-25-33(28-46)26-35(42)27-34)19-17-15-13-11-9-7-5-3-2-4-6-8-10-12-14-16-18-24-41(43,44)45;1-2/h21,23,25-27,32,37-38,51H,2-20,22,24,29-31H2,1H3,(H2,47,48,49);1H. The Bertz CT molecular complexity index is 1590. The molecule has 0 radical (unpaired) electrons. The van der Waals surface area contributed by atoms with Crippen molar-refractivity contribution in [2.45, 2.75) is 160 Å². The van der Waals surface area contributed by atoms with Gasteiger partial charge in [0.15, 0.2) is 5.82 Å². The average Bonchev–Trinajstić information content (AvgIpc) is 3.63. The second-order valence-electron chi connectivity index (χ2n) is 14.5. The Morgan fingerprint density at radius 1 is 0.828 bits per heavy atom. The molecule has 0 aliphatic rings. The number of alkyl halides is 3. The van der Waals surface area contributed by atoms with Crippen LogP contribution in [0.25, 0.3) is 5.52 Å². The van der Waals surface area contributed by atoms with Crippen molar-refractivity contribution in [2.75, 3.05) is 26.1 Å². The van der Waals surface area contributed by atoms with Gasteiger partial charge in [-0.15, -0.1) is 0 Å². The highest BCUT2D eigenvalue weighted by Crippen LogP contribution is 2.34. The van der Waals surface area contributed by atoms with Gasteiger partial charge in [0.25, 0.3) is 0 Å². The van der Waals surface area contributed by atoms with Crippen molar-refractivity contribution < 1.29 is 41.0 Å². The molecule has 58 heavy (non-hydrogen) atoms. The number of methoxy groups -OCH3 is 1. The molecule has 11 nitrogen and oxygen atoms in total. The van der Waals surface area contributed by atoms with E-state index in [0.717, 1.165) is 49.7 Å². The van der Waals surface area contributed by atoms with E-state index in [4.69, 9.17) is 29.5 Å². The Morgan fingerprint density at radius 2 is 1.38 bits per heavy atom. The number of anilines is 1. The van der Waals surface area contributed by atoms with Crippen LogP contribution in [0.3, 0.4) is 0 Å². The predicted octanol–water partition coefficient (Wildman–Crippen LogP) is 11.2. The molecule has 0 bridgehead atoms. The quantitative estimate of drug-likeness (QED) is 0.0352. The molecular formula is C42H63F4N6O5P. The van der Waals surface area contributed by atoms with Crippen molar-refractivity contribution in [1.29, 1.82) is 10.5 Å². The van der Waals surface area contributed by atoms with E-state index in [1.54, 1.807) is 17.7 Å². The van der Waals surface area contributed by atoms with E-state index in [1.807, 2.05) is 18.2 Å². The molecule has 0 aliphatic heterocycles. The Balaban J connectivity index is 0.00000571. The lowest BCUT2D eigenvalue weighted by Crippen LogP contribution is -2.21. The highest BCUT2D eigenvalue weighted by atomic mass is 31.2. The van der Waals surface area contributed by atoms with Gasteiger partial charge in [-0.2, -0.15) is 23.5 Å². The number of aryl methyl sites for hydroxylation is 1. The molecule has 0 saturated heterocycles. The number of unbranched alkanes of at least 4 members (excludes halogenated alkanes) is 16.